The molecular formula is C20H20F6N4O3S. The van der Waals surface area contributed by atoms with Crippen molar-refractivity contribution < 1.29 is 41.0 Å². The molecule has 4 rings (SSSR count). The number of piperidine rings is 1. The lowest BCUT2D eigenvalue weighted by Crippen LogP contribution is -2.64. The number of aliphatic hydroxyl groups excluding tert-OH is 1. The maximum Gasteiger partial charge on any atom is 0.423 e. The van der Waals surface area contributed by atoms with Crippen molar-refractivity contribution in [2.75, 3.05) is 38.1 Å². The molecule has 2 aromatic rings. The summed E-state index contributed by atoms with van der Waals surface area (Å²) < 4.78 is 78.8. The highest BCUT2D eigenvalue weighted by Crippen LogP contribution is 2.44. The van der Waals surface area contributed by atoms with E-state index in [1.807, 2.05) is 0 Å². The first kappa shape index (κ1) is 24.5. The van der Waals surface area contributed by atoms with Crippen molar-refractivity contribution in [2.24, 2.45) is 5.41 Å². The Morgan fingerprint density at radius 2 is 1.79 bits per heavy atom. The molecule has 2 amide bonds. The lowest BCUT2D eigenvalue weighted by molar-refractivity contribution is -0.216. The number of hydrogen-bond acceptors (Lipinski definition) is 6. The first-order valence-corrected chi connectivity index (χ1v) is 11.1. The number of amides is 2. The molecule has 34 heavy (non-hydrogen) atoms. The number of alkyl halides is 6. The third-order valence-electron chi connectivity index (χ3n) is 6.34. The molecule has 2 fully saturated rings. The van der Waals surface area contributed by atoms with Crippen LogP contribution in [0.25, 0.3) is 10.2 Å². The van der Waals surface area contributed by atoms with Gasteiger partial charge in [0.2, 0.25) is 6.10 Å². The molecule has 0 radical (unpaired) electrons. The third-order valence-corrected chi connectivity index (χ3v) is 7.35. The van der Waals surface area contributed by atoms with Gasteiger partial charge >= 0.3 is 12.4 Å². The van der Waals surface area contributed by atoms with Crippen molar-refractivity contribution in [3.63, 3.8) is 0 Å². The number of aromatic nitrogens is 1. The number of hydrogen-bond donors (Lipinski definition) is 2. The number of pyridine rings is 1. The number of thiophene rings is 1. The zero-order valence-electron chi connectivity index (χ0n) is 17.8. The van der Waals surface area contributed by atoms with Crippen molar-refractivity contribution >= 4 is 39.2 Å². The highest BCUT2D eigenvalue weighted by atomic mass is 32.1. The molecular weight excluding hydrogens is 490 g/mol. The second-order valence-corrected chi connectivity index (χ2v) is 9.44. The normalized spacial score (nSPS) is 19.3. The Morgan fingerprint density at radius 1 is 1.18 bits per heavy atom. The van der Waals surface area contributed by atoms with Crippen molar-refractivity contribution in [3.8, 4) is 0 Å². The predicted molar refractivity (Wildman–Crippen MR) is 111 cm³/mol. The zero-order chi connectivity index (χ0) is 25.1. The summed E-state index contributed by atoms with van der Waals surface area (Å²) in [4.78, 5) is 30.9. The first-order chi connectivity index (χ1) is 15.8. The number of halogens is 6. The van der Waals surface area contributed by atoms with E-state index in [4.69, 9.17) is 5.11 Å². The molecule has 0 aromatic carbocycles. The van der Waals surface area contributed by atoms with Crippen LogP contribution in [0.15, 0.2) is 11.4 Å². The lowest BCUT2D eigenvalue weighted by Gasteiger charge is -2.54. The molecule has 0 bridgehead atoms. The van der Waals surface area contributed by atoms with E-state index in [2.05, 4.69) is 10.3 Å². The van der Waals surface area contributed by atoms with Crippen molar-refractivity contribution in [3.05, 3.63) is 22.6 Å². The molecule has 1 unspecified atom stereocenters. The largest absolute Gasteiger partial charge is 0.423 e. The molecule has 7 nitrogen and oxygen atoms in total. The second-order valence-electron chi connectivity index (χ2n) is 8.56. The number of nitrogens with one attached hydrogen (secondary N) is 1. The van der Waals surface area contributed by atoms with Gasteiger partial charge in [0.15, 0.2) is 0 Å². The van der Waals surface area contributed by atoms with E-state index < -0.39 is 41.2 Å². The Kier molecular flexibility index (Phi) is 5.95. The fourth-order valence-electron chi connectivity index (χ4n) is 4.42. The minimum absolute atomic E-state index is 0.0401. The van der Waals surface area contributed by atoms with E-state index in [0.717, 1.165) is 22.3 Å². The van der Waals surface area contributed by atoms with Crippen molar-refractivity contribution in [1.82, 2.24) is 15.2 Å². The van der Waals surface area contributed by atoms with Gasteiger partial charge in [0, 0.05) is 44.0 Å². The standard InChI is InChI=1S/C20H20F6N4O3S/c1-27-16(32)10-7-34-14-11(19(21,22)23)6-12(28-13(10)14)29-4-2-18(3-5-29)8-30(9-18)17(33)15(31)20(24,25)26/h6-7,15,31H,2-5,8-9H2,1H3,(H,27,32). The van der Waals surface area contributed by atoms with Crippen LogP contribution < -0.4 is 10.2 Å². The summed E-state index contributed by atoms with van der Waals surface area (Å²) in [6.07, 6.45) is -11.9. The lowest BCUT2D eigenvalue weighted by atomic mass is 9.71. The first-order valence-electron chi connectivity index (χ1n) is 10.3. The summed E-state index contributed by atoms with van der Waals surface area (Å²) in [6.45, 7) is 0.634. The van der Waals surface area contributed by atoms with Gasteiger partial charge in [0.1, 0.15) is 5.82 Å². The minimum Gasteiger partial charge on any atom is -0.376 e. The van der Waals surface area contributed by atoms with Gasteiger partial charge in [-0.25, -0.2) is 4.98 Å². The molecule has 14 heteroatoms. The quantitative estimate of drug-likeness (QED) is 0.621. The predicted octanol–water partition coefficient (Wildman–Crippen LogP) is 3.03. The van der Waals surface area contributed by atoms with Gasteiger partial charge in [-0.1, -0.05) is 0 Å². The van der Waals surface area contributed by atoms with Crippen LogP contribution in [0.4, 0.5) is 32.2 Å². The summed E-state index contributed by atoms with van der Waals surface area (Å²) >= 11 is 0.786. The summed E-state index contributed by atoms with van der Waals surface area (Å²) in [7, 11) is 1.37. The minimum atomic E-state index is -5.04. The average molecular weight is 510 g/mol. The number of carbonyl (C=O) groups is 2. The Morgan fingerprint density at radius 3 is 2.32 bits per heavy atom. The molecule has 2 aliphatic rings. The van der Waals surface area contributed by atoms with Gasteiger partial charge in [-0.15, -0.1) is 11.3 Å². The average Bonchev–Trinajstić information content (AvgIpc) is 3.18. The SMILES string of the molecule is CNC(=O)c1csc2c(C(F)(F)F)cc(N3CCC4(CC3)CN(C(=O)C(O)C(F)(F)F)C4)nc12. The highest BCUT2D eigenvalue weighted by molar-refractivity contribution is 7.17. The van der Waals surface area contributed by atoms with Crippen LogP contribution in [0.2, 0.25) is 0 Å². The molecule has 4 heterocycles. The van der Waals surface area contributed by atoms with Crippen LogP contribution in [-0.2, 0) is 11.0 Å². The molecule has 2 N–H and O–H groups in total. The molecule has 186 valence electrons. The van der Waals surface area contributed by atoms with E-state index in [0.29, 0.717) is 12.8 Å². The molecule has 1 atom stereocenters. The maximum absolute atomic E-state index is 13.7. The molecule has 1 spiro atoms. The van der Waals surface area contributed by atoms with Crippen molar-refractivity contribution in [2.45, 2.75) is 31.3 Å². The van der Waals surface area contributed by atoms with Gasteiger partial charge < -0.3 is 20.2 Å². The van der Waals surface area contributed by atoms with Crippen molar-refractivity contribution in [1.29, 1.82) is 0 Å². The Hall–Kier alpha value is -2.61. The van der Waals surface area contributed by atoms with Gasteiger partial charge in [-0.3, -0.25) is 9.59 Å². The van der Waals surface area contributed by atoms with E-state index in [9.17, 15) is 35.9 Å². The van der Waals surface area contributed by atoms with E-state index >= 15 is 0 Å². The monoisotopic (exact) mass is 510 g/mol. The fourth-order valence-corrected chi connectivity index (χ4v) is 5.45. The van der Waals surface area contributed by atoms with Gasteiger partial charge in [0.25, 0.3) is 11.8 Å². The van der Waals surface area contributed by atoms with Gasteiger partial charge in [-0.2, -0.15) is 26.3 Å². The van der Waals surface area contributed by atoms with Crippen LogP contribution in [0, 0.1) is 5.41 Å². The molecule has 2 aromatic heterocycles. The number of nitrogens with zero attached hydrogens (tertiary/aromatic N) is 3. The van der Waals surface area contributed by atoms with Crippen LogP contribution >= 0.6 is 11.3 Å². The van der Waals surface area contributed by atoms with Crippen LogP contribution in [-0.4, -0.2) is 72.3 Å². The molecule has 0 aliphatic carbocycles. The fraction of sp³-hybridized carbons (Fsp3) is 0.550. The highest BCUT2D eigenvalue weighted by Gasteiger charge is 2.52. The topological polar surface area (TPSA) is 85.8 Å². The molecule has 2 saturated heterocycles. The van der Waals surface area contributed by atoms with Crippen LogP contribution in [0.5, 0.6) is 0 Å². The smallest absolute Gasteiger partial charge is 0.376 e. The number of likely N-dealkylation sites (tertiary alicyclic amines) is 1. The van der Waals surface area contributed by atoms with Crippen LogP contribution in [0.1, 0.15) is 28.8 Å². The number of rotatable bonds is 3. The number of carbonyl (C=O) groups excluding carboxylic acids is 2. The van der Waals surface area contributed by atoms with E-state index in [1.54, 1.807) is 4.90 Å². The zero-order valence-corrected chi connectivity index (χ0v) is 18.6. The Labute approximate surface area is 193 Å². The summed E-state index contributed by atoms with van der Waals surface area (Å²) in [5, 5.41) is 12.9. The number of anilines is 1. The van der Waals surface area contributed by atoms with E-state index in [1.165, 1.54) is 12.4 Å². The molecule has 2 aliphatic heterocycles. The summed E-state index contributed by atoms with van der Waals surface area (Å²) in [5.74, 6) is -1.90. The van der Waals surface area contributed by atoms with Crippen LogP contribution in [0.3, 0.4) is 0 Å². The third kappa shape index (κ3) is 4.28. The van der Waals surface area contributed by atoms with Gasteiger partial charge in [0.05, 0.1) is 21.3 Å². The number of aliphatic hydroxyl groups is 1. The second kappa shape index (κ2) is 8.26. The molecule has 0 saturated carbocycles. The Balaban J connectivity index is 1.52. The maximum atomic E-state index is 13.7. The Bertz CT molecular complexity index is 1120. The van der Waals surface area contributed by atoms with E-state index in [-0.39, 0.29) is 47.8 Å². The van der Waals surface area contributed by atoms with Gasteiger partial charge in [-0.05, 0) is 18.9 Å². The number of fused-ring (bicyclic) bond motifs is 1. The summed E-state index contributed by atoms with van der Waals surface area (Å²) in [5.41, 5.74) is -1.35. The summed E-state index contributed by atoms with van der Waals surface area (Å²) in [6, 6.07) is 0.945.